The van der Waals surface area contributed by atoms with Gasteiger partial charge in [-0.2, -0.15) is 5.10 Å². The zero-order valence-electron chi connectivity index (χ0n) is 15.1. The number of amides is 1. The van der Waals surface area contributed by atoms with Crippen molar-refractivity contribution in [2.45, 2.75) is 45.3 Å². The number of nitrogens with zero attached hydrogens (tertiary/aromatic N) is 5. The van der Waals surface area contributed by atoms with E-state index in [1.54, 1.807) is 17.2 Å². The predicted octanol–water partition coefficient (Wildman–Crippen LogP) is 3.15. The molecule has 1 amide bonds. The van der Waals surface area contributed by atoms with Crippen molar-refractivity contribution in [2.75, 3.05) is 18.8 Å². The Morgan fingerprint density at radius 2 is 2.00 bits per heavy atom. The number of hydrogen-bond acceptors (Lipinski definition) is 6. The molecule has 1 aliphatic heterocycles. The number of nitrogen functional groups attached to an aromatic ring is 1. The van der Waals surface area contributed by atoms with Crippen LogP contribution in [0.1, 0.15) is 39.7 Å². The number of carbonyl (C=O) groups is 1. The minimum absolute atomic E-state index is 0.217. The van der Waals surface area contributed by atoms with Gasteiger partial charge in [0, 0.05) is 30.4 Å². The summed E-state index contributed by atoms with van der Waals surface area (Å²) in [6.07, 6.45) is 5.03. The monoisotopic (exact) mass is 378 g/mol. The Balaban J connectivity index is 1.65. The van der Waals surface area contributed by atoms with Crippen LogP contribution in [-0.2, 0) is 4.74 Å². The molecule has 9 heteroatoms. The van der Waals surface area contributed by atoms with Crippen LogP contribution < -0.4 is 5.73 Å². The van der Waals surface area contributed by atoms with Gasteiger partial charge in [0.25, 0.3) is 0 Å². The molecule has 0 saturated carbocycles. The standard InChI is InChI=1S/C17H23ClN6O2/c1-17(2,3)26-16(25)23-6-4-12(5-7-23)24-10-11(9-20-24)13-8-14(18)21-22-15(13)19/h8-10,12H,4-7H2,1-3H3,(H2,19,22). The summed E-state index contributed by atoms with van der Waals surface area (Å²) in [5.41, 5.74) is 6.95. The number of aromatic nitrogens is 4. The van der Waals surface area contributed by atoms with E-state index in [1.165, 1.54) is 0 Å². The fourth-order valence-electron chi connectivity index (χ4n) is 2.92. The second kappa shape index (κ2) is 7.11. The normalized spacial score (nSPS) is 15.9. The molecule has 0 bridgehead atoms. The lowest BCUT2D eigenvalue weighted by Gasteiger charge is -2.33. The molecule has 0 atom stereocenters. The second-order valence-electron chi connectivity index (χ2n) is 7.37. The van der Waals surface area contributed by atoms with Crippen molar-refractivity contribution in [3.05, 3.63) is 23.6 Å². The van der Waals surface area contributed by atoms with Crippen molar-refractivity contribution in [3.63, 3.8) is 0 Å². The highest BCUT2D eigenvalue weighted by atomic mass is 35.5. The number of hydrogen-bond donors (Lipinski definition) is 1. The van der Waals surface area contributed by atoms with Crippen molar-refractivity contribution in [2.24, 2.45) is 0 Å². The van der Waals surface area contributed by atoms with E-state index in [9.17, 15) is 4.79 Å². The van der Waals surface area contributed by atoms with Gasteiger partial charge in [-0.3, -0.25) is 4.68 Å². The van der Waals surface area contributed by atoms with Gasteiger partial charge in [0.2, 0.25) is 0 Å². The molecule has 3 rings (SSSR count). The van der Waals surface area contributed by atoms with Gasteiger partial charge >= 0.3 is 6.09 Å². The molecule has 1 fully saturated rings. The number of nitrogens with two attached hydrogens (primary N) is 1. The lowest BCUT2D eigenvalue weighted by atomic mass is 10.1. The maximum atomic E-state index is 12.2. The number of piperidine rings is 1. The molecule has 1 saturated heterocycles. The Bertz CT molecular complexity index is 793. The summed E-state index contributed by atoms with van der Waals surface area (Å²) >= 11 is 5.91. The van der Waals surface area contributed by atoms with E-state index < -0.39 is 5.60 Å². The summed E-state index contributed by atoms with van der Waals surface area (Å²) in [5.74, 6) is 0.314. The van der Waals surface area contributed by atoms with Crippen molar-refractivity contribution < 1.29 is 9.53 Å². The first-order valence-electron chi connectivity index (χ1n) is 8.54. The van der Waals surface area contributed by atoms with E-state index in [0.717, 1.165) is 18.4 Å². The highest BCUT2D eigenvalue weighted by Crippen LogP contribution is 2.29. The summed E-state index contributed by atoms with van der Waals surface area (Å²) in [5, 5.41) is 12.3. The predicted molar refractivity (Wildman–Crippen MR) is 98.8 cm³/mol. The third kappa shape index (κ3) is 4.24. The van der Waals surface area contributed by atoms with Gasteiger partial charge in [0.1, 0.15) is 5.60 Å². The number of anilines is 1. The number of carbonyl (C=O) groups excluding carboxylic acids is 1. The van der Waals surface area contributed by atoms with E-state index in [1.807, 2.05) is 31.6 Å². The maximum Gasteiger partial charge on any atom is 0.410 e. The van der Waals surface area contributed by atoms with E-state index in [0.29, 0.717) is 24.5 Å². The molecular weight excluding hydrogens is 356 g/mol. The molecule has 26 heavy (non-hydrogen) atoms. The number of rotatable bonds is 2. The largest absolute Gasteiger partial charge is 0.444 e. The van der Waals surface area contributed by atoms with Gasteiger partial charge < -0.3 is 15.4 Å². The molecule has 8 nitrogen and oxygen atoms in total. The van der Waals surface area contributed by atoms with Crippen LogP contribution >= 0.6 is 11.6 Å². The Hall–Kier alpha value is -2.35. The first-order chi connectivity index (χ1) is 12.2. The van der Waals surface area contributed by atoms with E-state index >= 15 is 0 Å². The average Bonchev–Trinajstić information content (AvgIpc) is 3.05. The zero-order valence-corrected chi connectivity index (χ0v) is 15.9. The number of ether oxygens (including phenoxy) is 1. The highest BCUT2D eigenvalue weighted by Gasteiger charge is 2.28. The smallest absolute Gasteiger partial charge is 0.410 e. The fourth-order valence-corrected chi connectivity index (χ4v) is 3.07. The van der Waals surface area contributed by atoms with Crippen LogP contribution in [0.25, 0.3) is 11.1 Å². The maximum absolute atomic E-state index is 12.2. The van der Waals surface area contributed by atoms with Crippen LogP contribution in [0.2, 0.25) is 5.15 Å². The average molecular weight is 379 g/mol. The minimum atomic E-state index is -0.482. The molecule has 0 unspecified atom stereocenters. The molecule has 2 N–H and O–H groups in total. The van der Waals surface area contributed by atoms with Gasteiger partial charge in [-0.25, -0.2) is 4.79 Å². The van der Waals surface area contributed by atoms with E-state index in [2.05, 4.69) is 15.3 Å². The zero-order chi connectivity index (χ0) is 18.9. The molecule has 0 spiro atoms. The molecular formula is C17H23ClN6O2. The molecule has 0 aromatic carbocycles. The molecule has 2 aromatic heterocycles. The van der Waals surface area contributed by atoms with Gasteiger partial charge in [-0.15, -0.1) is 10.2 Å². The van der Waals surface area contributed by atoms with Crippen LogP contribution in [0, 0.1) is 0 Å². The topological polar surface area (TPSA) is 99.2 Å². The fraction of sp³-hybridized carbons (Fsp3) is 0.529. The van der Waals surface area contributed by atoms with Gasteiger partial charge in [0.05, 0.1) is 12.2 Å². The number of halogens is 1. The van der Waals surface area contributed by atoms with Gasteiger partial charge in [0.15, 0.2) is 11.0 Å². The highest BCUT2D eigenvalue weighted by molar-refractivity contribution is 6.29. The van der Waals surface area contributed by atoms with Gasteiger partial charge in [-0.05, 0) is 39.7 Å². The first-order valence-corrected chi connectivity index (χ1v) is 8.92. The van der Waals surface area contributed by atoms with Crippen LogP contribution in [0.5, 0.6) is 0 Å². The van der Waals surface area contributed by atoms with Crippen LogP contribution in [-0.4, -0.2) is 49.7 Å². The van der Waals surface area contributed by atoms with Crippen molar-refractivity contribution in [3.8, 4) is 11.1 Å². The summed E-state index contributed by atoms with van der Waals surface area (Å²) in [6, 6.07) is 1.89. The lowest BCUT2D eigenvalue weighted by molar-refractivity contribution is 0.0185. The SMILES string of the molecule is CC(C)(C)OC(=O)N1CCC(n2cc(-c3cc(Cl)nnc3N)cn2)CC1. The number of likely N-dealkylation sites (tertiary alicyclic amines) is 1. The first kappa shape index (κ1) is 18.4. The quantitative estimate of drug-likeness (QED) is 0.861. The van der Waals surface area contributed by atoms with Crippen LogP contribution in [0.4, 0.5) is 10.6 Å². The minimum Gasteiger partial charge on any atom is -0.444 e. The van der Waals surface area contributed by atoms with Crippen molar-refractivity contribution >= 4 is 23.5 Å². The van der Waals surface area contributed by atoms with Crippen LogP contribution in [0.15, 0.2) is 18.5 Å². The van der Waals surface area contributed by atoms with Crippen LogP contribution in [0.3, 0.4) is 0 Å². The van der Waals surface area contributed by atoms with Gasteiger partial charge in [-0.1, -0.05) is 11.6 Å². The molecule has 1 aliphatic rings. The summed E-state index contributed by atoms with van der Waals surface area (Å²) in [7, 11) is 0. The molecule has 140 valence electrons. The Labute approximate surface area is 157 Å². The van der Waals surface area contributed by atoms with Crippen molar-refractivity contribution in [1.29, 1.82) is 0 Å². The summed E-state index contributed by atoms with van der Waals surface area (Å²) < 4.78 is 7.34. The van der Waals surface area contributed by atoms with E-state index in [4.69, 9.17) is 22.1 Å². The Morgan fingerprint density at radius 1 is 1.31 bits per heavy atom. The summed E-state index contributed by atoms with van der Waals surface area (Å²) in [6.45, 7) is 6.89. The third-order valence-electron chi connectivity index (χ3n) is 4.20. The van der Waals surface area contributed by atoms with Crippen molar-refractivity contribution in [1.82, 2.24) is 24.9 Å². The van der Waals surface area contributed by atoms with E-state index in [-0.39, 0.29) is 17.3 Å². The summed E-state index contributed by atoms with van der Waals surface area (Å²) in [4.78, 5) is 13.9. The second-order valence-corrected chi connectivity index (χ2v) is 7.76. The Morgan fingerprint density at radius 3 is 2.65 bits per heavy atom. The molecule has 2 aromatic rings. The molecule has 3 heterocycles. The molecule has 0 radical (unpaired) electrons. The third-order valence-corrected chi connectivity index (χ3v) is 4.38. The lowest BCUT2D eigenvalue weighted by Crippen LogP contribution is -2.42. The Kier molecular flexibility index (Phi) is 5.04. The molecule has 0 aliphatic carbocycles.